The van der Waals surface area contributed by atoms with Crippen LogP contribution in [0.2, 0.25) is 0 Å². The minimum absolute atomic E-state index is 0.147. The molecule has 0 aliphatic heterocycles. The van der Waals surface area contributed by atoms with Gasteiger partial charge < -0.3 is 23.2 Å². The smallest absolute Gasteiger partial charge is 0.228 e. The summed E-state index contributed by atoms with van der Waals surface area (Å²) in [5.74, 6) is 2.59. The lowest BCUT2D eigenvalue weighted by Gasteiger charge is -2.07. The van der Waals surface area contributed by atoms with E-state index < -0.39 is 0 Å². The van der Waals surface area contributed by atoms with Gasteiger partial charge in [0.2, 0.25) is 5.78 Å². The topological polar surface area (TPSA) is 83.9 Å². The normalized spacial score (nSPS) is 10.9. The zero-order valence-corrected chi connectivity index (χ0v) is 19.5. The molecule has 2 heterocycles. The van der Waals surface area contributed by atoms with Gasteiger partial charge in [0, 0.05) is 34.2 Å². The first-order valence-corrected chi connectivity index (χ1v) is 11.0. The number of rotatable bonds is 8. The van der Waals surface area contributed by atoms with E-state index >= 15 is 0 Å². The number of carbonyl (C=O) groups is 1. The predicted molar refractivity (Wildman–Crippen MR) is 130 cm³/mol. The number of aryl methyl sites for hydroxylation is 1. The second kappa shape index (κ2) is 9.38. The molecule has 7 heteroatoms. The van der Waals surface area contributed by atoms with Gasteiger partial charge in [-0.15, -0.1) is 0 Å². The molecule has 0 saturated carbocycles. The number of hydrogen-bond donors (Lipinski definition) is 0. The van der Waals surface area contributed by atoms with E-state index in [2.05, 4.69) is 5.16 Å². The Hall–Kier alpha value is -4.52. The zero-order valence-electron chi connectivity index (χ0n) is 19.5. The lowest BCUT2D eigenvalue weighted by molar-refractivity contribution is 0.101. The summed E-state index contributed by atoms with van der Waals surface area (Å²) in [6.45, 7) is 2.06. The molecule has 7 nitrogen and oxygen atoms in total. The van der Waals surface area contributed by atoms with Crippen molar-refractivity contribution in [1.82, 2.24) is 5.16 Å². The highest BCUT2D eigenvalue weighted by Crippen LogP contribution is 2.33. The molecule has 0 spiro atoms. The van der Waals surface area contributed by atoms with Gasteiger partial charge in [0.15, 0.2) is 23.0 Å². The van der Waals surface area contributed by atoms with Crippen LogP contribution in [0.1, 0.15) is 27.4 Å². The standard InChI is InChI=1S/C28H23NO6/c1-17-22-11-10-20(15-25(22)34-28(17)27(30)18-7-5-4-6-8-18)33-16-21-14-23(29-35-21)19-9-12-24(31-2)26(13-19)32-3/h4-15H,16H2,1-3H3. The van der Waals surface area contributed by atoms with E-state index in [0.717, 1.165) is 16.5 Å². The van der Waals surface area contributed by atoms with Gasteiger partial charge >= 0.3 is 0 Å². The maximum absolute atomic E-state index is 12.9. The molecule has 0 aliphatic carbocycles. The molecule has 0 unspecified atom stereocenters. The van der Waals surface area contributed by atoms with E-state index in [9.17, 15) is 4.79 Å². The van der Waals surface area contributed by atoms with E-state index in [4.69, 9.17) is 23.2 Å². The van der Waals surface area contributed by atoms with Crippen LogP contribution < -0.4 is 14.2 Å². The maximum Gasteiger partial charge on any atom is 0.228 e. The largest absolute Gasteiger partial charge is 0.493 e. The van der Waals surface area contributed by atoms with Crippen LogP contribution in [0.4, 0.5) is 0 Å². The van der Waals surface area contributed by atoms with Gasteiger partial charge in [-0.3, -0.25) is 4.79 Å². The molecule has 176 valence electrons. The third-order valence-electron chi connectivity index (χ3n) is 5.77. The average Bonchev–Trinajstić information content (AvgIpc) is 3.51. The van der Waals surface area contributed by atoms with Gasteiger partial charge in [-0.2, -0.15) is 0 Å². The van der Waals surface area contributed by atoms with Crippen molar-refractivity contribution < 1.29 is 27.9 Å². The molecule has 0 radical (unpaired) electrons. The second-order valence-corrected chi connectivity index (χ2v) is 7.95. The molecule has 0 N–H and O–H groups in total. The summed E-state index contributed by atoms with van der Waals surface area (Å²) in [5.41, 5.74) is 3.46. The van der Waals surface area contributed by atoms with E-state index in [1.807, 2.05) is 61.5 Å². The van der Waals surface area contributed by atoms with Gasteiger partial charge in [0.1, 0.15) is 23.6 Å². The monoisotopic (exact) mass is 469 g/mol. The highest BCUT2D eigenvalue weighted by atomic mass is 16.5. The first-order chi connectivity index (χ1) is 17.1. The third kappa shape index (κ3) is 4.36. The minimum atomic E-state index is -0.147. The molecule has 0 amide bonds. The van der Waals surface area contributed by atoms with Crippen molar-refractivity contribution in [1.29, 1.82) is 0 Å². The molecule has 5 rings (SSSR count). The SMILES string of the molecule is COc1ccc(-c2cc(COc3ccc4c(C)c(C(=O)c5ccccc5)oc4c3)on2)cc1OC. The lowest BCUT2D eigenvalue weighted by atomic mass is 10.0. The lowest BCUT2D eigenvalue weighted by Crippen LogP contribution is -2.00. The van der Waals surface area contributed by atoms with Crippen molar-refractivity contribution in [3.63, 3.8) is 0 Å². The molecule has 0 bridgehead atoms. The summed E-state index contributed by atoms with van der Waals surface area (Å²) in [7, 11) is 3.17. The molecular weight excluding hydrogens is 446 g/mol. The summed E-state index contributed by atoms with van der Waals surface area (Å²) < 4.78 is 27.9. The van der Waals surface area contributed by atoms with Crippen LogP contribution in [-0.4, -0.2) is 25.2 Å². The molecular formula is C28H23NO6. The van der Waals surface area contributed by atoms with E-state index in [1.165, 1.54) is 0 Å². The Kier molecular flexibility index (Phi) is 5.97. The predicted octanol–water partition coefficient (Wildman–Crippen LogP) is 6.22. The van der Waals surface area contributed by atoms with E-state index in [1.54, 1.807) is 32.4 Å². The minimum Gasteiger partial charge on any atom is -0.493 e. The zero-order chi connectivity index (χ0) is 24.4. The summed E-state index contributed by atoms with van der Waals surface area (Å²) in [6.07, 6.45) is 0. The number of furan rings is 1. The highest BCUT2D eigenvalue weighted by Gasteiger charge is 2.19. The van der Waals surface area contributed by atoms with Crippen LogP contribution in [0.3, 0.4) is 0 Å². The Morgan fingerprint density at radius 2 is 1.71 bits per heavy atom. The Morgan fingerprint density at radius 3 is 2.49 bits per heavy atom. The average molecular weight is 469 g/mol. The maximum atomic E-state index is 12.9. The summed E-state index contributed by atoms with van der Waals surface area (Å²) in [6, 6.07) is 21.9. The molecule has 0 atom stereocenters. The van der Waals surface area contributed by atoms with Crippen LogP contribution in [-0.2, 0) is 6.61 Å². The fourth-order valence-corrected chi connectivity index (χ4v) is 3.90. The second-order valence-electron chi connectivity index (χ2n) is 7.95. The summed E-state index contributed by atoms with van der Waals surface area (Å²) in [5, 5.41) is 5.00. The number of benzene rings is 3. The van der Waals surface area contributed by atoms with Gasteiger partial charge in [0.25, 0.3) is 0 Å². The van der Waals surface area contributed by atoms with Crippen molar-refractivity contribution >= 4 is 16.8 Å². The van der Waals surface area contributed by atoms with Crippen molar-refractivity contribution in [3.05, 3.63) is 95.4 Å². The number of methoxy groups -OCH3 is 2. The number of ether oxygens (including phenoxy) is 3. The van der Waals surface area contributed by atoms with Gasteiger partial charge in [0.05, 0.1) is 14.2 Å². The Labute approximate surface area is 201 Å². The van der Waals surface area contributed by atoms with Gasteiger partial charge in [-0.05, 0) is 37.3 Å². The van der Waals surface area contributed by atoms with Crippen molar-refractivity contribution in [2.75, 3.05) is 14.2 Å². The van der Waals surface area contributed by atoms with Crippen LogP contribution >= 0.6 is 0 Å². The number of carbonyl (C=O) groups excluding carboxylic acids is 1. The van der Waals surface area contributed by atoms with Crippen molar-refractivity contribution in [2.45, 2.75) is 13.5 Å². The van der Waals surface area contributed by atoms with Gasteiger partial charge in [-0.1, -0.05) is 35.5 Å². The first-order valence-electron chi connectivity index (χ1n) is 11.0. The molecule has 0 fully saturated rings. The Bertz CT molecular complexity index is 1500. The number of hydrogen-bond acceptors (Lipinski definition) is 7. The number of ketones is 1. The fraction of sp³-hybridized carbons (Fsp3) is 0.143. The van der Waals surface area contributed by atoms with Gasteiger partial charge in [-0.25, -0.2) is 0 Å². The first kappa shape index (κ1) is 22.3. The number of fused-ring (bicyclic) bond motifs is 1. The highest BCUT2D eigenvalue weighted by molar-refractivity contribution is 6.10. The number of nitrogens with zero attached hydrogens (tertiary/aromatic N) is 1. The van der Waals surface area contributed by atoms with Crippen LogP contribution in [0.5, 0.6) is 17.2 Å². The molecule has 0 saturated heterocycles. The van der Waals surface area contributed by atoms with E-state index in [0.29, 0.717) is 45.6 Å². The molecule has 5 aromatic rings. The molecule has 3 aromatic carbocycles. The summed E-state index contributed by atoms with van der Waals surface area (Å²) >= 11 is 0. The molecule has 2 aromatic heterocycles. The van der Waals surface area contributed by atoms with E-state index in [-0.39, 0.29) is 12.4 Å². The summed E-state index contributed by atoms with van der Waals surface area (Å²) in [4.78, 5) is 12.9. The van der Waals surface area contributed by atoms with Crippen molar-refractivity contribution in [3.8, 4) is 28.5 Å². The van der Waals surface area contributed by atoms with Crippen LogP contribution in [0, 0.1) is 6.92 Å². The number of aromatic nitrogens is 1. The van der Waals surface area contributed by atoms with Crippen LogP contribution in [0.25, 0.3) is 22.2 Å². The third-order valence-corrected chi connectivity index (χ3v) is 5.77. The van der Waals surface area contributed by atoms with Crippen molar-refractivity contribution in [2.24, 2.45) is 0 Å². The molecule has 35 heavy (non-hydrogen) atoms. The fourth-order valence-electron chi connectivity index (χ4n) is 3.90. The Morgan fingerprint density at radius 1 is 0.914 bits per heavy atom. The molecule has 0 aliphatic rings. The quantitative estimate of drug-likeness (QED) is 0.249. The Balaban J connectivity index is 1.32. The van der Waals surface area contributed by atoms with Crippen LogP contribution in [0.15, 0.2) is 81.7 Å².